The van der Waals surface area contributed by atoms with Crippen LogP contribution in [0, 0.1) is 13.8 Å². The van der Waals surface area contributed by atoms with E-state index in [1.807, 2.05) is 18.5 Å². The number of nitrogens with zero attached hydrogens (tertiary/aromatic N) is 4. The Bertz CT molecular complexity index is 669. The van der Waals surface area contributed by atoms with Gasteiger partial charge >= 0.3 is 6.03 Å². The number of aryl methyl sites for hydroxylation is 2. The van der Waals surface area contributed by atoms with Crippen LogP contribution in [0.2, 0.25) is 0 Å². The first-order valence-corrected chi connectivity index (χ1v) is 8.75. The molecular weight excluding hydrogens is 322 g/mol. The molecule has 2 aliphatic rings. The van der Waals surface area contributed by atoms with Crippen molar-refractivity contribution in [3.8, 4) is 0 Å². The van der Waals surface area contributed by atoms with Crippen LogP contribution in [0.15, 0.2) is 6.07 Å². The number of hydrogen-bond donors (Lipinski definition) is 1. The monoisotopic (exact) mass is 349 g/mol. The summed E-state index contributed by atoms with van der Waals surface area (Å²) < 4.78 is 7.84. The van der Waals surface area contributed by atoms with E-state index in [1.165, 1.54) is 4.90 Å². The summed E-state index contributed by atoms with van der Waals surface area (Å²) in [5.74, 6) is -0.162. The summed E-state index contributed by atoms with van der Waals surface area (Å²) in [6.45, 7) is 11.5. The molecule has 3 amide bonds. The number of imide groups is 1. The van der Waals surface area contributed by atoms with Crippen molar-refractivity contribution in [3.63, 3.8) is 0 Å². The van der Waals surface area contributed by atoms with Gasteiger partial charge in [-0.25, -0.2) is 4.79 Å². The Kier molecular flexibility index (Phi) is 4.83. The maximum atomic E-state index is 12.2. The number of amides is 3. The minimum Gasteiger partial charge on any atom is -0.374 e. The molecule has 8 nitrogen and oxygen atoms in total. The SMILES string of the molecule is Cc1cc(C)n(C[C@@H]2CN(CCN3C(=O)NC(C)(C)C3=O)CCO2)n1. The molecular formula is C17H27N5O3. The van der Waals surface area contributed by atoms with Crippen molar-refractivity contribution in [1.82, 2.24) is 24.9 Å². The van der Waals surface area contributed by atoms with Gasteiger partial charge in [-0.1, -0.05) is 0 Å². The second-order valence-corrected chi connectivity index (χ2v) is 7.41. The Balaban J connectivity index is 1.53. The molecule has 3 heterocycles. The number of urea groups is 1. The Labute approximate surface area is 148 Å². The third kappa shape index (κ3) is 3.85. The van der Waals surface area contributed by atoms with E-state index in [-0.39, 0.29) is 18.0 Å². The molecule has 0 bridgehead atoms. The number of morpholine rings is 1. The van der Waals surface area contributed by atoms with Crippen molar-refractivity contribution in [1.29, 1.82) is 0 Å². The number of carbonyl (C=O) groups is 2. The van der Waals surface area contributed by atoms with Gasteiger partial charge in [-0.05, 0) is 33.8 Å². The molecule has 0 aliphatic carbocycles. The van der Waals surface area contributed by atoms with E-state index in [4.69, 9.17) is 4.74 Å². The standard InChI is InChI=1S/C17H27N5O3/c1-12-9-13(2)22(19-12)11-14-10-20(7-8-25-14)5-6-21-15(23)17(3,4)18-16(21)24/h9,14H,5-8,10-11H2,1-4H3,(H,18,24)/t14-/m0/s1. The van der Waals surface area contributed by atoms with Crippen molar-refractivity contribution in [2.24, 2.45) is 0 Å². The van der Waals surface area contributed by atoms with Crippen LogP contribution in [0.25, 0.3) is 0 Å². The highest BCUT2D eigenvalue weighted by Gasteiger charge is 2.44. The Hall–Kier alpha value is -1.93. The number of rotatable bonds is 5. The smallest absolute Gasteiger partial charge is 0.325 e. The lowest BCUT2D eigenvalue weighted by molar-refractivity contribution is -0.130. The molecule has 138 valence electrons. The van der Waals surface area contributed by atoms with E-state index in [2.05, 4.69) is 21.4 Å². The van der Waals surface area contributed by atoms with Gasteiger partial charge in [0.15, 0.2) is 0 Å². The average Bonchev–Trinajstić information content (AvgIpc) is 2.94. The van der Waals surface area contributed by atoms with E-state index in [1.54, 1.807) is 13.8 Å². The van der Waals surface area contributed by atoms with Gasteiger partial charge in [0, 0.05) is 31.9 Å². The molecule has 0 saturated carbocycles. The van der Waals surface area contributed by atoms with Gasteiger partial charge < -0.3 is 10.1 Å². The summed E-state index contributed by atoms with van der Waals surface area (Å²) in [7, 11) is 0. The molecule has 1 N–H and O–H groups in total. The zero-order valence-corrected chi connectivity index (χ0v) is 15.4. The van der Waals surface area contributed by atoms with Crippen LogP contribution in [0.4, 0.5) is 4.79 Å². The lowest BCUT2D eigenvalue weighted by atomic mass is 10.1. The molecule has 3 rings (SSSR count). The van der Waals surface area contributed by atoms with Crippen LogP contribution in [-0.4, -0.2) is 75.9 Å². The molecule has 0 radical (unpaired) electrons. The molecule has 25 heavy (non-hydrogen) atoms. The molecule has 0 unspecified atom stereocenters. The summed E-state index contributed by atoms with van der Waals surface area (Å²) in [4.78, 5) is 27.8. The second-order valence-electron chi connectivity index (χ2n) is 7.41. The van der Waals surface area contributed by atoms with Crippen LogP contribution >= 0.6 is 0 Å². The summed E-state index contributed by atoms with van der Waals surface area (Å²) >= 11 is 0. The number of aromatic nitrogens is 2. The van der Waals surface area contributed by atoms with Gasteiger partial charge in [0.1, 0.15) is 5.54 Å². The van der Waals surface area contributed by atoms with Crippen LogP contribution in [-0.2, 0) is 16.1 Å². The summed E-state index contributed by atoms with van der Waals surface area (Å²) in [6, 6.07) is 1.75. The molecule has 2 fully saturated rings. The fourth-order valence-electron chi connectivity index (χ4n) is 3.41. The number of hydrogen-bond acceptors (Lipinski definition) is 5. The Morgan fingerprint density at radius 2 is 2.08 bits per heavy atom. The van der Waals surface area contributed by atoms with Crippen LogP contribution < -0.4 is 5.32 Å². The fraction of sp³-hybridized carbons (Fsp3) is 0.706. The first-order chi connectivity index (χ1) is 11.8. The third-order valence-corrected chi connectivity index (χ3v) is 4.79. The molecule has 1 aromatic rings. The van der Waals surface area contributed by atoms with E-state index in [0.717, 1.165) is 24.5 Å². The molecule has 0 spiro atoms. The van der Waals surface area contributed by atoms with Gasteiger partial charge in [0.2, 0.25) is 0 Å². The first-order valence-electron chi connectivity index (χ1n) is 8.75. The van der Waals surface area contributed by atoms with Crippen LogP contribution in [0.3, 0.4) is 0 Å². The molecule has 2 saturated heterocycles. The molecule has 1 atom stereocenters. The lowest BCUT2D eigenvalue weighted by Gasteiger charge is -2.33. The molecule has 1 aromatic heterocycles. The van der Waals surface area contributed by atoms with Crippen molar-refractivity contribution in [3.05, 3.63) is 17.5 Å². The highest BCUT2D eigenvalue weighted by Crippen LogP contribution is 2.17. The predicted octanol–water partition coefficient (Wildman–Crippen LogP) is 0.531. The minimum atomic E-state index is -0.805. The van der Waals surface area contributed by atoms with Gasteiger partial charge in [-0.2, -0.15) is 5.10 Å². The van der Waals surface area contributed by atoms with Crippen LogP contribution in [0.5, 0.6) is 0 Å². The van der Waals surface area contributed by atoms with Gasteiger partial charge in [0.25, 0.3) is 5.91 Å². The topological polar surface area (TPSA) is 79.7 Å². The lowest BCUT2D eigenvalue weighted by Crippen LogP contribution is -2.48. The highest BCUT2D eigenvalue weighted by molar-refractivity contribution is 6.06. The number of ether oxygens (including phenoxy) is 1. The second kappa shape index (κ2) is 6.76. The van der Waals surface area contributed by atoms with E-state index < -0.39 is 5.54 Å². The number of carbonyl (C=O) groups excluding carboxylic acids is 2. The van der Waals surface area contributed by atoms with E-state index in [9.17, 15) is 9.59 Å². The summed E-state index contributed by atoms with van der Waals surface area (Å²) in [6.07, 6.45) is 0.0614. The minimum absolute atomic E-state index is 0.0614. The van der Waals surface area contributed by atoms with Crippen molar-refractivity contribution < 1.29 is 14.3 Å². The maximum absolute atomic E-state index is 12.2. The summed E-state index contributed by atoms with van der Waals surface area (Å²) in [5, 5.41) is 7.20. The molecule has 0 aromatic carbocycles. The van der Waals surface area contributed by atoms with Crippen LogP contribution in [0.1, 0.15) is 25.2 Å². The zero-order chi connectivity index (χ0) is 18.2. The molecule has 8 heteroatoms. The van der Waals surface area contributed by atoms with E-state index in [0.29, 0.717) is 26.2 Å². The van der Waals surface area contributed by atoms with Gasteiger partial charge in [-0.15, -0.1) is 0 Å². The average molecular weight is 349 g/mol. The van der Waals surface area contributed by atoms with Crippen molar-refractivity contribution in [2.45, 2.75) is 45.9 Å². The predicted molar refractivity (Wildman–Crippen MR) is 92.2 cm³/mol. The molecule has 2 aliphatic heterocycles. The summed E-state index contributed by atoms with van der Waals surface area (Å²) in [5.41, 5.74) is 1.33. The fourth-order valence-corrected chi connectivity index (χ4v) is 3.41. The van der Waals surface area contributed by atoms with Gasteiger partial charge in [-0.3, -0.25) is 19.3 Å². The number of nitrogens with one attached hydrogen (secondary N) is 1. The van der Waals surface area contributed by atoms with Gasteiger partial charge in [0.05, 0.1) is 24.9 Å². The van der Waals surface area contributed by atoms with E-state index >= 15 is 0 Å². The zero-order valence-electron chi connectivity index (χ0n) is 15.4. The normalized spacial score (nSPS) is 24.0. The highest BCUT2D eigenvalue weighted by atomic mass is 16.5. The third-order valence-electron chi connectivity index (χ3n) is 4.79. The van der Waals surface area contributed by atoms with Crippen molar-refractivity contribution >= 4 is 11.9 Å². The maximum Gasteiger partial charge on any atom is 0.325 e. The largest absolute Gasteiger partial charge is 0.374 e. The van der Waals surface area contributed by atoms with Crippen molar-refractivity contribution in [2.75, 3.05) is 32.8 Å². The first kappa shape index (κ1) is 17.9. The Morgan fingerprint density at radius 1 is 1.32 bits per heavy atom. The Morgan fingerprint density at radius 3 is 2.68 bits per heavy atom. The quantitative estimate of drug-likeness (QED) is 0.785.